The topological polar surface area (TPSA) is 152 Å². The first-order valence-electron chi connectivity index (χ1n) is 9.36. The number of nitrogens with one attached hydrogen (secondary N) is 1. The molecule has 4 rings (SSSR count). The van der Waals surface area contributed by atoms with Gasteiger partial charge in [-0.1, -0.05) is 53.7 Å². The minimum Gasteiger partial charge on any atom is -0.369 e. The summed E-state index contributed by atoms with van der Waals surface area (Å²) in [5.74, 6) is 0.522. The van der Waals surface area contributed by atoms with Crippen molar-refractivity contribution in [2.75, 3.05) is 11.1 Å². The van der Waals surface area contributed by atoms with Crippen LogP contribution in [0.25, 0.3) is 11.3 Å². The zero-order valence-electron chi connectivity index (χ0n) is 16.4. The van der Waals surface area contributed by atoms with E-state index in [1.165, 1.54) is 0 Å². The average Bonchev–Trinajstić information content (AvgIpc) is 3.15. The van der Waals surface area contributed by atoms with E-state index in [-0.39, 0.29) is 17.4 Å². The van der Waals surface area contributed by atoms with Crippen molar-refractivity contribution in [1.82, 2.24) is 15.4 Å². The number of nitrogen functional groups attached to an aromatic ring is 1. The molecule has 0 saturated heterocycles. The number of para-hydroxylation sites is 1. The number of benzene rings is 2. The second-order valence-electron chi connectivity index (χ2n) is 6.58. The first-order valence-corrected chi connectivity index (χ1v) is 9.36. The number of guanidine groups is 1. The number of hydrogen-bond acceptors (Lipinski definition) is 7. The molecule has 9 heteroatoms. The van der Waals surface area contributed by atoms with Crippen LogP contribution in [0.15, 0.2) is 76.2 Å². The molecular formula is C22H18N8O. The molecule has 0 fully saturated rings. The summed E-state index contributed by atoms with van der Waals surface area (Å²) in [6.45, 7) is 0. The molecule has 0 amide bonds. The minimum atomic E-state index is 0.00143. The van der Waals surface area contributed by atoms with Gasteiger partial charge in [-0.05, 0) is 23.8 Å². The molecule has 0 aliphatic rings. The molecule has 0 spiro atoms. The third-order valence-corrected chi connectivity index (χ3v) is 4.49. The van der Waals surface area contributed by atoms with Crippen LogP contribution in [0.4, 0.5) is 17.4 Å². The average molecular weight is 410 g/mol. The summed E-state index contributed by atoms with van der Waals surface area (Å²) < 4.78 is 4.92. The van der Waals surface area contributed by atoms with Gasteiger partial charge in [0.15, 0.2) is 11.8 Å². The highest BCUT2D eigenvalue weighted by Gasteiger charge is 2.15. The fraction of sp³-hybridized carbons (Fsp3) is 0.0455. The maximum atomic E-state index is 9.24. The Bertz CT molecular complexity index is 1260. The molecule has 31 heavy (non-hydrogen) atoms. The summed E-state index contributed by atoms with van der Waals surface area (Å²) >= 11 is 0. The third-order valence-electron chi connectivity index (χ3n) is 4.49. The summed E-state index contributed by atoms with van der Waals surface area (Å²) in [6, 6.07) is 22.8. The van der Waals surface area contributed by atoms with Crippen molar-refractivity contribution in [3.63, 3.8) is 0 Å². The normalized spacial score (nSPS) is 11.1. The molecule has 0 aliphatic heterocycles. The predicted molar refractivity (Wildman–Crippen MR) is 117 cm³/mol. The number of aliphatic imine (C=N–C) groups is 1. The lowest BCUT2D eigenvalue weighted by Gasteiger charge is -2.10. The molecule has 0 aliphatic carbocycles. The van der Waals surface area contributed by atoms with Crippen LogP contribution in [0.5, 0.6) is 0 Å². The van der Waals surface area contributed by atoms with Gasteiger partial charge < -0.3 is 21.3 Å². The largest absolute Gasteiger partial charge is 0.369 e. The molecule has 2 aromatic heterocycles. The molecule has 2 aromatic carbocycles. The molecule has 0 saturated carbocycles. The van der Waals surface area contributed by atoms with Crippen LogP contribution in [-0.2, 0) is 6.42 Å². The van der Waals surface area contributed by atoms with Crippen molar-refractivity contribution in [3.05, 3.63) is 83.6 Å². The zero-order chi connectivity index (χ0) is 21.6. The first-order chi connectivity index (χ1) is 15.1. The lowest BCUT2D eigenvalue weighted by Crippen LogP contribution is -2.23. The zero-order valence-corrected chi connectivity index (χ0v) is 16.4. The molecule has 5 N–H and O–H groups in total. The van der Waals surface area contributed by atoms with Gasteiger partial charge in [0, 0.05) is 17.7 Å². The maximum absolute atomic E-state index is 9.24. The van der Waals surface area contributed by atoms with Gasteiger partial charge in [0.25, 0.3) is 0 Å². The Hall–Kier alpha value is -4.71. The number of aromatic nitrogens is 3. The molecule has 2 heterocycles. The van der Waals surface area contributed by atoms with Crippen LogP contribution in [-0.4, -0.2) is 21.3 Å². The summed E-state index contributed by atoms with van der Waals surface area (Å²) in [7, 11) is 0. The van der Waals surface area contributed by atoms with E-state index in [9.17, 15) is 5.26 Å². The van der Waals surface area contributed by atoms with Gasteiger partial charge in [-0.3, -0.25) is 0 Å². The molecule has 0 radical (unpaired) electrons. The van der Waals surface area contributed by atoms with Crippen molar-refractivity contribution in [3.8, 4) is 17.3 Å². The van der Waals surface area contributed by atoms with Gasteiger partial charge in [-0.2, -0.15) is 10.3 Å². The van der Waals surface area contributed by atoms with Gasteiger partial charge in [-0.15, -0.1) is 10.2 Å². The second-order valence-corrected chi connectivity index (χ2v) is 6.58. The summed E-state index contributed by atoms with van der Waals surface area (Å²) in [5, 5.41) is 24.5. The van der Waals surface area contributed by atoms with Crippen LogP contribution in [0.2, 0.25) is 0 Å². The quantitative estimate of drug-likeness (QED) is 0.335. The number of nitrogens with two attached hydrogens (primary N) is 2. The number of nitrogens with zero attached hydrogens (tertiary/aromatic N) is 5. The Morgan fingerprint density at radius 1 is 1.03 bits per heavy atom. The van der Waals surface area contributed by atoms with E-state index in [0.29, 0.717) is 23.6 Å². The van der Waals surface area contributed by atoms with E-state index >= 15 is 0 Å². The van der Waals surface area contributed by atoms with Gasteiger partial charge in [0.2, 0.25) is 5.88 Å². The number of anilines is 2. The Labute approximate surface area is 178 Å². The van der Waals surface area contributed by atoms with E-state index in [0.717, 1.165) is 16.8 Å². The second kappa shape index (κ2) is 8.75. The highest BCUT2D eigenvalue weighted by atomic mass is 16.5. The maximum Gasteiger partial charge on any atom is 0.240 e. The lowest BCUT2D eigenvalue weighted by atomic mass is 10.1. The van der Waals surface area contributed by atoms with Gasteiger partial charge in [0.05, 0.1) is 5.69 Å². The standard InChI is InChI=1S/C22H18N8O/c23-13-16-19(30-31-21(16)24)12-15-8-4-5-9-17(15)26-22(25)27-20-11-10-18(28-29-20)14-6-2-1-3-7-14/h1-11H,12,24H2,(H3,25,26,27,29). The Kier molecular flexibility index (Phi) is 5.53. The monoisotopic (exact) mass is 410 g/mol. The molecule has 9 nitrogen and oxygen atoms in total. The van der Waals surface area contributed by atoms with Crippen molar-refractivity contribution in [1.29, 1.82) is 5.26 Å². The molecule has 0 unspecified atom stereocenters. The van der Waals surface area contributed by atoms with Crippen LogP contribution < -0.4 is 16.8 Å². The van der Waals surface area contributed by atoms with Gasteiger partial charge in [0.1, 0.15) is 17.3 Å². The number of rotatable bonds is 5. The summed E-state index contributed by atoms with van der Waals surface area (Å²) in [6.07, 6.45) is 0.339. The van der Waals surface area contributed by atoms with Gasteiger partial charge >= 0.3 is 0 Å². The van der Waals surface area contributed by atoms with Crippen LogP contribution >= 0.6 is 0 Å². The van der Waals surface area contributed by atoms with Gasteiger partial charge in [-0.25, -0.2) is 0 Å². The van der Waals surface area contributed by atoms with E-state index in [4.69, 9.17) is 16.0 Å². The number of hydrogen-bond donors (Lipinski definition) is 3. The first kappa shape index (κ1) is 19.6. The van der Waals surface area contributed by atoms with Crippen molar-refractivity contribution < 1.29 is 4.52 Å². The summed E-state index contributed by atoms with van der Waals surface area (Å²) in [5.41, 5.74) is 15.7. The Morgan fingerprint density at radius 2 is 1.81 bits per heavy atom. The van der Waals surface area contributed by atoms with Crippen LogP contribution in [0.1, 0.15) is 16.8 Å². The molecular weight excluding hydrogens is 392 g/mol. The highest BCUT2D eigenvalue weighted by molar-refractivity contribution is 5.94. The predicted octanol–water partition coefficient (Wildman–Crippen LogP) is 3.23. The van der Waals surface area contributed by atoms with Crippen LogP contribution in [0.3, 0.4) is 0 Å². The molecule has 0 atom stereocenters. The van der Waals surface area contributed by atoms with E-state index < -0.39 is 0 Å². The smallest absolute Gasteiger partial charge is 0.240 e. The van der Waals surface area contributed by atoms with E-state index in [2.05, 4.69) is 25.7 Å². The van der Waals surface area contributed by atoms with Crippen LogP contribution in [0, 0.1) is 11.3 Å². The van der Waals surface area contributed by atoms with Crippen molar-refractivity contribution in [2.45, 2.75) is 6.42 Å². The fourth-order valence-electron chi connectivity index (χ4n) is 2.99. The number of nitriles is 1. The summed E-state index contributed by atoms with van der Waals surface area (Å²) in [4.78, 5) is 4.28. The third kappa shape index (κ3) is 4.49. The van der Waals surface area contributed by atoms with Crippen molar-refractivity contribution in [2.24, 2.45) is 10.7 Å². The lowest BCUT2D eigenvalue weighted by molar-refractivity contribution is 0.429. The van der Waals surface area contributed by atoms with E-state index in [1.54, 1.807) is 6.07 Å². The van der Waals surface area contributed by atoms with Crippen molar-refractivity contribution >= 4 is 23.3 Å². The highest BCUT2D eigenvalue weighted by Crippen LogP contribution is 2.23. The Balaban J connectivity index is 1.52. The molecule has 152 valence electrons. The molecule has 4 aromatic rings. The fourth-order valence-corrected chi connectivity index (χ4v) is 2.99. The minimum absolute atomic E-state index is 0.00143. The Morgan fingerprint density at radius 3 is 2.55 bits per heavy atom. The SMILES string of the molecule is N#Cc1c(Cc2ccccc2NC(N)=Nc2ccc(-c3ccccc3)nn2)noc1N. The molecule has 0 bridgehead atoms. The van der Waals surface area contributed by atoms with E-state index in [1.807, 2.05) is 66.7 Å².